The number of carbonyl (C=O) groups is 2. The van der Waals surface area contributed by atoms with E-state index in [1.807, 2.05) is 6.92 Å². The number of halogens is 1. The van der Waals surface area contributed by atoms with E-state index in [-0.39, 0.29) is 11.3 Å². The van der Waals surface area contributed by atoms with E-state index < -0.39 is 23.6 Å². The number of benzene rings is 1. The Kier molecular flexibility index (Phi) is 6.73. The van der Waals surface area contributed by atoms with Gasteiger partial charge in [-0.1, -0.05) is 25.5 Å². The maximum Gasteiger partial charge on any atom is 0.410 e. The average molecular weight is 323 g/mol. The molecule has 1 unspecified atom stereocenters. The molecule has 128 valence electrons. The van der Waals surface area contributed by atoms with Gasteiger partial charge in [0.1, 0.15) is 11.4 Å². The van der Waals surface area contributed by atoms with Crippen molar-refractivity contribution >= 4 is 11.9 Å². The van der Waals surface area contributed by atoms with Crippen LogP contribution in [0.25, 0.3) is 0 Å². The van der Waals surface area contributed by atoms with Crippen molar-refractivity contribution in [1.29, 1.82) is 0 Å². The Labute approximate surface area is 137 Å². The molecule has 0 saturated carbocycles. The zero-order valence-corrected chi connectivity index (χ0v) is 14.6. The van der Waals surface area contributed by atoms with Crippen molar-refractivity contribution in [2.45, 2.75) is 59.1 Å². The molecule has 1 rings (SSSR count). The van der Waals surface area contributed by atoms with Gasteiger partial charge in [-0.15, -0.1) is 0 Å². The van der Waals surface area contributed by atoms with Crippen molar-refractivity contribution in [3.63, 3.8) is 0 Å². The molecule has 4 nitrogen and oxygen atoms in total. The molecular formula is C18H26FNO3. The Bertz CT molecular complexity index is 551. The Morgan fingerprint density at radius 2 is 1.96 bits per heavy atom. The average Bonchev–Trinajstić information content (AvgIpc) is 2.44. The fourth-order valence-corrected chi connectivity index (χ4v) is 2.12. The fraction of sp³-hybridized carbons (Fsp3) is 0.556. The van der Waals surface area contributed by atoms with Gasteiger partial charge in [-0.05, 0) is 46.2 Å². The molecular weight excluding hydrogens is 297 g/mol. The minimum Gasteiger partial charge on any atom is -0.444 e. The smallest absolute Gasteiger partial charge is 0.410 e. The highest BCUT2D eigenvalue weighted by molar-refractivity contribution is 6.01. The number of hydrogen-bond acceptors (Lipinski definition) is 3. The van der Waals surface area contributed by atoms with Gasteiger partial charge in [-0.2, -0.15) is 0 Å². The second-order valence-electron chi connectivity index (χ2n) is 6.58. The normalized spacial score (nSPS) is 12.6. The fourth-order valence-electron chi connectivity index (χ4n) is 2.12. The van der Waals surface area contributed by atoms with Crippen molar-refractivity contribution in [2.24, 2.45) is 0 Å². The molecule has 23 heavy (non-hydrogen) atoms. The number of rotatable bonds is 6. The lowest BCUT2D eigenvalue weighted by molar-refractivity contribution is 0.0172. The molecule has 1 atom stereocenters. The molecule has 0 N–H and O–H groups in total. The second-order valence-corrected chi connectivity index (χ2v) is 6.58. The Hall–Kier alpha value is -1.91. The van der Waals surface area contributed by atoms with E-state index in [2.05, 4.69) is 0 Å². The molecule has 0 fully saturated rings. The van der Waals surface area contributed by atoms with Crippen molar-refractivity contribution in [3.8, 4) is 0 Å². The quantitative estimate of drug-likeness (QED) is 0.727. The number of ether oxygens (including phenoxy) is 1. The largest absolute Gasteiger partial charge is 0.444 e. The van der Waals surface area contributed by atoms with Gasteiger partial charge in [0.25, 0.3) is 0 Å². The molecule has 1 amide bonds. The lowest BCUT2D eigenvalue weighted by Gasteiger charge is -2.31. The van der Waals surface area contributed by atoms with Crippen molar-refractivity contribution in [1.82, 2.24) is 4.90 Å². The third-order valence-electron chi connectivity index (χ3n) is 3.34. The van der Waals surface area contributed by atoms with Crippen LogP contribution in [0, 0.1) is 5.82 Å². The van der Waals surface area contributed by atoms with Crippen LogP contribution in [0.2, 0.25) is 0 Å². The van der Waals surface area contributed by atoms with Gasteiger partial charge < -0.3 is 4.74 Å². The third-order valence-corrected chi connectivity index (χ3v) is 3.34. The summed E-state index contributed by atoms with van der Waals surface area (Å²) < 4.78 is 18.7. The monoisotopic (exact) mass is 323 g/mol. The van der Waals surface area contributed by atoms with Crippen LogP contribution in [0.5, 0.6) is 0 Å². The van der Waals surface area contributed by atoms with E-state index in [0.717, 1.165) is 12.8 Å². The van der Waals surface area contributed by atoms with Gasteiger partial charge in [-0.3, -0.25) is 9.69 Å². The lowest BCUT2D eigenvalue weighted by atomic mass is 10.0. The molecule has 1 aromatic carbocycles. The highest BCUT2D eigenvalue weighted by atomic mass is 19.1. The highest BCUT2D eigenvalue weighted by Crippen LogP contribution is 2.16. The van der Waals surface area contributed by atoms with Gasteiger partial charge in [-0.25, -0.2) is 9.18 Å². The van der Waals surface area contributed by atoms with Crippen LogP contribution in [0.15, 0.2) is 24.3 Å². The van der Waals surface area contributed by atoms with Crippen LogP contribution >= 0.6 is 0 Å². The Morgan fingerprint density at radius 1 is 1.30 bits per heavy atom. The van der Waals surface area contributed by atoms with E-state index >= 15 is 0 Å². The zero-order valence-electron chi connectivity index (χ0n) is 14.6. The van der Waals surface area contributed by atoms with E-state index in [1.54, 1.807) is 33.8 Å². The van der Waals surface area contributed by atoms with Crippen LogP contribution < -0.4 is 0 Å². The number of nitrogens with zero attached hydrogens (tertiary/aromatic N) is 1. The maximum absolute atomic E-state index is 13.3. The van der Waals surface area contributed by atoms with Gasteiger partial charge in [0, 0.05) is 12.1 Å². The van der Waals surface area contributed by atoms with Gasteiger partial charge >= 0.3 is 6.09 Å². The summed E-state index contributed by atoms with van der Waals surface area (Å²) in [6.45, 7) is 9.42. The molecule has 0 aliphatic carbocycles. The topological polar surface area (TPSA) is 46.6 Å². The standard InChI is InChI=1S/C18H26FNO3/c1-6-7-11-20(17(22)23-18(3,4)5)13(2)16(21)14-9-8-10-15(19)12-14/h8-10,12-13H,6-7,11H2,1-5H3. The molecule has 0 radical (unpaired) electrons. The lowest BCUT2D eigenvalue weighted by Crippen LogP contribution is -2.46. The summed E-state index contributed by atoms with van der Waals surface area (Å²) in [4.78, 5) is 26.4. The summed E-state index contributed by atoms with van der Waals surface area (Å²) in [6.07, 6.45) is 1.13. The first-order chi connectivity index (χ1) is 10.7. The minimum atomic E-state index is -0.710. The van der Waals surface area contributed by atoms with Crippen LogP contribution in [0.3, 0.4) is 0 Å². The molecule has 0 aliphatic rings. The molecule has 0 heterocycles. The van der Waals surface area contributed by atoms with Crippen molar-refractivity contribution < 1.29 is 18.7 Å². The molecule has 5 heteroatoms. The van der Waals surface area contributed by atoms with Crippen LogP contribution in [-0.2, 0) is 4.74 Å². The number of amides is 1. The van der Waals surface area contributed by atoms with Crippen molar-refractivity contribution in [2.75, 3.05) is 6.54 Å². The first-order valence-electron chi connectivity index (χ1n) is 7.95. The van der Waals surface area contributed by atoms with E-state index in [1.165, 1.54) is 23.1 Å². The highest BCUT2D eigenvalue weighted by Gasteiger charge is 2.30. The zero-order chi connectivity index (χ0) is 17.6. The van der Waals surface area contributed by atoms with E-state index in [9.17, 15) is 14.0 Å². The summed E-state index contributed by atoms with van der Waals surface area (Å²) in [6, 6.07) is 4.79. The van der Waals surface area contributed by atoms with Crippen LogP contribution in [0.1, 0.15) is 57.8 Å². The summed E-state index contributed by atoms with van der Waals surface area (Å²) >= 11 is 0. The predicted molar refractivity (Wildman–Crippen MR) is 88.0 cm³/mol. The number of carbonyl (C=O) groups excluding carboxylic acids is 2. The summed E-state index contributed by atoms with van der Waals surface area (Å²) in [5.41, 5.74) is -0.383. The molecule has 0 saturated heterocycles. The van der Waals surface area contributed by atoms with Crippen molar-refractivity contribution in [3.05, 3.63) is 35.6 Å². The minimum absolute atomic E-state index is 0.252. The molecule has 1 aromatic rings. The summed E-state index contributed by atoms with van der Waals surface area (Å²) in [5.74, 6) is -0.771. The molecule has 0 bridgehead atoms. The molecule has 0 aliphatic heterocycles. The first-order valence-corrected chi connectivity index (χ1v) is 7.95. The van der Waals surface area contributed by atoms with Gasteiger partial charge in [0.05, 0.1) is 6.04 Å². The van der Waals surface area contributed by atoms with E-state index in [4.69, 9.17) is 4.74 Å². The SMILES string of the molecule is CCCCN(C(=O)OC(C)(C)C)C(C)C(=O)c1cccc(F)c1. The number of unbranched alkanes of at least 4 members (excludes halogenated alkanes) is 1. The predicted octanol–water partition coefficient (Wildman–Crippen LogP) is 4.43. The molecule has 0 spiro atoms. The third kappa shape index (κ3) is 6.00. The molecule has 0 aromatic heterocycles. The maximum atomic E-state index is 13.3. The van der Waals surface area contributed by atoms with E-state index in [0.29, 0.717) is 6.54 Å². The van der Waals surface area contributed by atoms with Gasteiger partial charge in [0.15, 0.2) is 5.78 Å². The summed E-state index contributed by atoms with van der Waals surface area (Å²) in [5, 5.41) is 0. The Morgan fingerprint density at radius 3 is 2.48 bits per heavy atom. The number of ketones is 1. The number of Topliss-reactive ketones (excluding diaryl/α,β-unsaturated/α-hetero) is 1. The number of hydrogen-bond donors (Lipinski definition) is 0. The second kappa shape index (κ2) is 8.09. The van der Waals surface area contributed by atoms with Crippen LogP contribution in [-0.4, -0.2) is 35.0 Å². The van der Waals surface area contributed by atoms with Gasteiger partial charge in [0.2, 0.25) is 0 Å². The summed E-state index contributed by atoms with van der Waals surface area (Å²) in [7, 11) is 0. The Balaban J connectivity index is 2.96. The first kappa shape index (κ1) is 19.1. The van der Waals surface area contributed by atoms with Crippen LogP contribution in [0.4, 0.5) is 9.18 Å².